The predicted octanol–water partition coefficient (Wildman–Crippen LogP) is 1.09. The highest BCUT2D eigenvalue weighted by Crippen LogP contribution is 2.34. The number of hydrogen-bond acceptors (Lipinski definition) is 8. The molecule has 1 saturated carbocycles. The first kappa shape index (κ1) is 16.3. The van der Waals surface area contributed by atoms with Crippen LogP contribution in [0.1, 0.15) is 19.3 Å². The van der Waals surface area contributed by atoms with Crippen molar-refractivity contribution < 1.29 is 23.0 Å². The third-order valence-corrected chi connectivity index (χ3v) is 5.04. The van der Waals surface area contributed by atoms with E-state index in [0.29, 0.717) is 18.2 Å². The Labute approximate surface area is 135 Å². The number of sulfonamides is 1. The van der Waals surface area contributed by atoms with Gasteiger partial charge >= 0.3 is 0 Å². The lowest BCUT2D eigenvalue weighted by molar-refractivity contribution is -0.396. The van der Waals surface area contributed by atoms with E-state index in [4.69, 9.17) is 4.74 Å². The van der Waals surface area contributed by atoms with E-state index in [1.807, 2.05) is 4.83 Å². The summed E-state index contributed by atoms with van der Waals surface area (Å²) in [6.07, 6.45) is 2.15. The molecule has 11 nitrogen and oxygen atoms in total. The van der Waals surface area contributed by atoms with Gasteiger partial charge < -0.3 is 4.74 Å². The fourth-order valence-electron chi connectivity index (χ4n) is 2.56. The van der Waals surface area contributed by atoms with Crippen molar-refractivity contribution in [3.05, 3.63) is 38.4 Å². The fraction of sp³-hybridized carbons (Fsp3) is 0.417. The summed E-state index contributed by atoms with van der Waals surface area (Å²) < 4.78 is 29.9. The third kappa shape index (κ3) is 3.05. The molecule has 0 amide bonds. The maximum Gasteiger partial charge on any atom is 0.296 e. The first-order chi connectivity index (χ1) is 11.3. The molecular formula is C12H12N4O7S. The zero-order valence-electron chi connectivity index (χ0n) is 12.1. The first-order valence-corrected chi connectivity index (χ1v) is 8.44. The van der Waals surface area contributed by atoms with Gasteiger partial charge in [0.2, 0.25) is 0 Å². The van der Waals surface area contributed by atoms with Crippen molar-refractivity contribution in [3.63, 3.8) is 0 Å². The molecule has 0 aromatic heterocycles. The summed E-state index contributed by atoms with van der Waals surface area (Å²) in [5, 5.41) is 25.5. The maximum atomic E-state index is 12.3. The Morgan fingerprint density at radius 2 is 2.00 bits per heavy atom. The van der Waals surface area contributed by atoms with Crippen LogP contribution in [-0.4, -0.2) is 36.2 Å². The highest BCUT2D eigenvalue weighted by atomic mass is 32.2. The van der Waals surface area contributed by atoms with Crippen molar-refractivity contribution in [2.75, 3.05) is 0 Å². The predicted molar refractivity (Wildman–Crippen MR) is 80.0 cm³/mol. The molecule has 1 heterocycles. The van der Waals surface area contributed by atoms with Crippen LogP contribution in [0.15, 0.2) is 28.2 Å². The Hall–Kier alpha value is -2.60. The van der Waals surface area contributed by atoms with E-state index in [9.17, 15) is 28.6 Å². The average Bonchev–Trinajstić information content (AvgIpc) is 3.32. The molecule has 0 radical (unpaired) electrons. The quantitative estimate of drug-likeness (QED) is 0.470. The van der Waals surface area contributed by atoms with E-state index in [2.05, 4.69) is 5.10 Å². The monoisotopic (exact) mass is 356 g/mol. The highest BCUT2D eigenvalue weighted by molar-refractivity contribution is 7.89. The van der Waals surface area contributed by atoms with Gasteiger partial charge in [0.15, 0.2) is 4.90 Å². The molecule has 0 bridgehead atoms. The van der Waals surface area contributed by atoms with Gasteiger partial charge in [-0.1, -0.05) is 0 Å². The maximum absolute atomic E-state index is 12.3. The summed E-state index contributed by atoms with van der Waals surface area (Å²) in [6, 6.07) is 2.30. The number of benzene rings is 1. The summed E-state index contributed by atoms with van der Waals surface area (Å²) in [5.41, 5.74) is -0.922. The summed E-state index contributed by atoms with van der Waals surface area (Å²) in [4.78, 5) is 21.2. The average molecular weight is 356 g/mol. The Kier molecular flexibility index (Phi) is 3.93. The molecule has 3 rings (SSSR count). The molecule has 24 heavy (non-hydrogen) atoms. The topological polar surface area (TPSA) is 157 Å². The van der Waals surface area contributed by atoms with Crippen molar-refractivity contribution in [2.45, 2.75) is 36.4 Å². The fourth-order valence-corrected chi connectivity index (χ4v) is 3.55. The van der Waals surface area contributed by atoms with E-state index in [0.717, 1.165) is 25.0 Å². The number of ether oxygens (including phenoxy) is 1. The number of non-ortho nitro benzene ring substituents is 1. The van der Waals surface area contributed by atoms with Crippen LogP contribution in [0.3, 0.4) is 0 Å². The Morgan fingerprint density at radius 1 is 1.25 bits per heavy atom. The lowest BCUT2D eigenvalue weighted by Crippen LogP contribution is -2.25. The lowest BCUT2D eigenvalue weighted by Gasteiger charge is -2.09. The molecule has 12 heteroatoms. The normalized spacial score (nSPS) is 24.2. The molecular weight excluding hydrogens is 344 g/mol. The van der Waals surface area contributed by atoms with Crippen molar-refractivity contribution >= 4 is 27.1 Å². The van der Waals surface area contributed by atoms with Crippen LogP contribution in [0, 0.1) is 20.2 Å². The number of epoxide rings is 1. The number of nitro benzene ring substituents is 2. The van der Waals surface area contributed by atoms with Gasteiger partial charge in [-0.05, 0) is 25.3 Å². The second-order valence-corrected chi connectivity index (χ2v) is 6.98. The highest BCUT2D eigenvalue weighted by Gasteiger charge is 2.45. The van der Waals surface area contributed by atoms with Gasteiger partial charge in [-0.15, -0.1) is 0 Å². The lowest BCUT2D eigenvalue weighted by atomic mass is 9.99. The van der Waals surface area contributed by atoms with Crippen LogP contribution in [0.5, 0.6) is 0 Å². The third-order valence-electron chi connectivity index (χ3n) is 3.78. The number of nitro groups is 2. The van der Waals surface area contributed by atoms with Gasteiger partial charge in [0.05, 0.1) is 27.7 Å². The number of hydrogen-bond donors (Lipinski definition) is 1. The number of rotatable bonds is 5. The molecule has 1 aromatic rings. The molecule has 1 aromatic carbocycles. The standard InChI is InChI=1S/C12H12N4O7S/c17-15(18)7-4-5-11(9(6-7)16(19)20)24(21,22)14-13-8-2-1-3-10-12(8)23-10/h4-6,10,12,14H,1-3H2/b13-8-. The van der Waals surface area contributed by atoms with Gasteiger partial charge in [0.1, 0.15) is 6.10 Å². The molecule has 1 aliphatic heterocycles. The molecule has 2 fully saturated rings. The number of nitrogens with one attached hydrogen (secondary N) is 1. The molecule has 1 saturated heterocycles. The molecule has 2 unspecified atom stereocenters. The first-order valence-electron chi connectivity index (χ1n) is 6.96. The Bertz CT molecular complexity index is 851. The smallest absolute Gasteiger partial charge is 0.296 e. The molecule has 1 N–H and O–H groups in total. The Balaban J connectivity index is 1.90. The largest absolute Gasteiger partial charge is 0.363 e. The van der Waals surface area contributed by atoms with Gasteiger partial charge in [0.25, 0.3) is 21.4 Å². The molecule has 128 valence electrons. The molecule has 2 aliphatic rings. The summed E-state index contributed by atoms with van der Waals surface area (Å²) >= 11 is 0. The van der Waals surface area contributed by atoms with E-state index < -0.39 is 36.1 Å². The number of fused-ring (bicyclic) bond motifs is 1. The summed E-state index contributed by atoms with van der Waals surface area (Å²) in [7, 11) is -4.34. The van der Waals surface area contributed by atoms with Crippen molar-refractivity contribution in [3.8, 4) is 0 Å². The van der Waals surface area contributed by atoms with Crippen LogP contribution in [0.25, 0.3) is 0 Å². The van der Waals surface area contributed by atoms with E-state index >= 15 is 0 Å². The van der Waals surface area contributed by atoms with Gasteiger partial charge in [-0.3, -0.25) is 20.2 Å². The number of hydrazone groups is 1. The minimum absolute atomic E-state index is 0.0655. The van der Waals surface area contributed by atoms with Crippen molar-refractivity contribution in [1.82, 2.24) is 4.83 Å². The SMILES string of the molecule is O=[N+]([O-])c1ccc(S(=O)(=O)N/N=C2/CCCC3OC23)c([N+](=O)[O-])c1. The summed E-state index contributed by atoms with van der Waals surface area (Å²) in [6.45, 7) is 0. The molecule has 1 aliphatic carbocycles. The zero-order chi connectivity index (χ0) is 17.5. The molecule has 0 spiro atoms. The summed E-state index contributed by atoms with van der Waals surface area (Å²) in [5.74, 6) is 0. The van der Waals surface area contributed by atoms with Gasteiger partial charge in [-0.2, -0.15) is 18.4 Å². The minimum atomic E-state index is -4.34. The van der Waals surface area contributed by atoms with Gasteiger partial charge in [0, 0.05) is 6.07 Å². The van der Waals surface area contributed by atoms with Crippen LogP contribution in [-0.2, 0) is 14.8 Å². The van der Waals surface area contributed by atoms with Crippen LogP contribution in [0.2, 0.25) is 0 Å². The minimum Gasteiger partial charge on any atom is -0.363 e. The van der Waals surface area contributed by atoms with E-state index in [1.54, 1.807) is 0 Å². The second-order valence-electron chi connectivity index (χ2n) is 5.35. The van der Waals surface area contributed by atoms with Gasteiger partial charge in [-0.25, -0.2) is 0 Å². The zero-order valence-corrected chi connectivity index (χ0v) is 12.9. The number of nitrogens with zero attached hydrogens (tertiary/aromatic N) is 3. The van der Waals surface area contributed by atoms with E-state index in [-0.39, 0.29) is 12.2 Å². The van der Waals surface area contributed by atoms with Crippen LogP contribution < -0.4 is 4.83 Å². The Morgan fingerprint density at radius 3 is 2.67 bits per heavy atom. The van der Waals surface area contributed by atoms with Crippen LogP contribution in [0.4, 0.5) is 11.4 Å². The van der Waals surface area contributed by atoms with Crippen LogP contribution >= 0.6 is 0 Å². The van der Waals surface area contributed by atoms with E-state index in [1.165, 1.54) is 0 Å². The van der Waals surface area contributed by atoms with Crippen molar-refractivity contribution in [1.29, 1.82) is 0 Å². The second kappa shape index (κ2) is 5.79. The van der Waals surface area contributed by atoms with Crippen molar-refractivity contribution in [2.24, 2.45) is 5.10 Å². The molecule has 2 atom stereocenters.